The van der Waals surface area contributed by atoms with Crippen molar-refractivity contribution in [3.05, 3.63) is 0 Å². The highest BCUT2D eigenvalue weighted by molar-refractivity contribution is 5.79. The second-order valence-corrected chi connectivity index (χ2v) is 5.33. The Morgan fingerprint density at radius 1 is 1.35 bits per heavy atom. The van der Waals surface area contributed by atoms with Crippen LogP contribution in [0.5, 0.6) is 0 Å². The van der Waals surface area contributed by atoms with Gasteiger partial charge in [-0.15, -0.1) is 0 Å². The van der Waals surface area contributed by atoms with Crippen molar-refractivity contribution in [2.24, 2.45) is 11.5 Å². The molecule has 100 valence electrons. The van der Waals surface area contributed by atoms with E-state index in [0.717, 1.165) is 19.3 Å². The van der Waals surface area contributed by atoms with E-state index < -0.39 is 5.54 Å². The molecule has 1 saturated carbocycles. The van der Waals surface area contributed by atoms with Gasteiger partial charge in [-0.2, -0.15) is 0 Å². The van der Waals surface area contributed by atoms with Crippen molar-refractivity contribution in [1.82, 2.24) is 5.32 Å². The number of ether oxygens (including phenoxy) is 1. The van der Waals surface area contributed by atoms with E-state index in [-0.39, 0.29) is 24.1 Å². The molecular formula is C12H25N3O2. The van der Waals surface area contributed by atoms with E-state index in [4.69, 9.17) is 16.2 Å². The zero-order valence-electron chi connectivity index (χ0n) is 11.0. The third kappa shape index (κ3) is 3.94. The lowest BCUT2D eigenvalue weighted by atomic mass is 9.86. The minimum atomic E-state index is -0.665. The summed E-state index contributed by atoms with van der Waals surface area (Å²) in [7, 11) is 0. The maximum absolute atomic E-state index is 11.7. The largest absolute Gasteiger partial charge is 0.465 e. The first-order chi connectivity index (χ1) is 7.86. The Bertz CT molecular complexity index is 268. The Morgan fingerprint density at radius 3 is 2.53 bits per heavy atom. The third-order valence-corrected chi connectivity index (χ3v) is 3.31. The molecule has 5 nitrogen and oxygen atoms in total. The van der Waals surface area contributed by atoms with Crippen LogP contribution in [-0.4, -0.2) is 36.2 Å². The summed E-state index contributed by atoms with van der Waals surface area (Å²) in [5.41, 5.74) is 11.1. The van der Waals surface area contributed by atoms with Crippen LogP contribution in [0.1, 0.15) is 40.0 Å². The third-order valence-electron chi connectivity index (χ3n) is 3.31. The van der Waals surface area contributed by atoms with Crippen LogP contribution >= 0.6 is 0 Å². The molecule has 5 N–H and O–H groups in total. The summed E-state index contributed by atoms with van der Waals surface area (Å²) in [5.74, 6) is -0.219. The summed E-state index contributed by atoms with van der Waals surface area (Å²) < 4.78 is 5.04. The molecule has 1 rings (SSSR count). The fraction of sp³-hybridized carbons (Fsp3) is 0.917. The van der Waals surface area contributed by atoms with Gasteiger partial charge in [0.15, 0.2) is 0 Å². The predicted octanol–water partition coefficient (Wildman–Crippen LogP) is 0.125. The monoisotopic (exact) mass is 243 g/mol. The van der Waals surface area contributed by atoms with Gasteiger partial charge in [0, 0.05) is 18.1 Å². The summed E-state index contributed by atoms with van der Waals surface area (Å²) in [6, 6.07) is 0.335. The SMILES string of the molecule is CCOC(=O)C(C)(C)NC1CC[C@H](N)[C@H](N)C1. The Labute approximate surface area is 103 Å². The highest BCUT2D eigenvalue weighted by Gasteiger charge is 2.34. The van der Waals surface area contributed by atoms with Crippen molar-refractivity contribution >= 4 is 5.97 Å². The van der Waals surface area contributed by atoms with Crippen molar-refractivity contribution in [3.8, 4) is 0 Å². The van der Waals surface area contributed by atoms with Crippen LogP contribution < -0.4 is 16.8 Å². The number of nitrogens with two attached hydrogens (primary N) is 2. The molecule has 3 atom stereocenters. The molecule has 0 heterocycles. The van der Waals surface area contributed by atoms with Gasteiger partial charge in [-0.1, -0.05) is 0 Å². The number of nitrogens with one attached hydrogen (secondary N) is 1. The van der Waals surface area contributed by atoms with E-state index in [9.17, 15) is 4.79 Å². The first-order valence-electron chi connectivity index (χ1n) is 6.33. The fourth-order valence-corrected chi connectivity index (χ4v) is 2.24. The minimum absolute atomic E-state index is 0.0132. The van der Waals surface area contributed by atoms with Crippen molar-refractivity contribution < 1.29 is 9.53 Å². The quantitative estimate of drug-likeness (QED) is 0.610. The smallest absolute Gasteiger partial charge is 0.325 e. The number of rotatable bonds is 4. The number of hydrogen-bond acceptors (Lipinski definition) is 5. The van der Waals surface area contributed by atoms with E-state index in [0.29, 0.717) is 6.61 Å². The molecule has 1 unspecified atom stereocenters. The Hall–Kier alpha value is -0.650. The molecule has 0 amide bonds. The summed E-state index contributed by atoms with van der Waals surface area (Å²) in [4.78, 5) is 11.7. The topological polar surface area (TPSA) is 90.4 Å². The van der Waals surface area contributed by atoms with Crippen molar-refractivity contribution in [2.75, 3.05) is 6.61 Å². The van der Waals surface area contributed by atoms with Crippen LogP contribution in [0.2, 0.25) is 0 Å². The van der Waals surface area contributed by atoms with Gasteiger partial charge in [-0.3, -0.25) is 10.1 Å². The van der Waals surface area contributed by atoms with Gasteiger partial charge in [-0.05, 0) is 40.0 Å². The average Bonchev–Trinajstić information content (AvgIpc) is 2.23. The van der Waals surface area contributed by atoms with Crippen LogP contribution in [0.4, 0.5) is 0 Å². The molecule has 17 heavy (non-hydrogen) atoms. The maximum Gasteiger partial charge on any atom is 0.325 e. The molecule has 0 aromatic rings. The molecule has 0 radical (unpaired) electrons. The first kappa shape index (κ1) is 14.4. The molecule has 0 aromatic heterocycles. The molecule has 5 heteroatoms. The van der Waals surface area contributed by atoms with Gasteiger partial charge in [0.1, 0.15) is 5.54 Å². The lowest BCUT2D eigenvalue weighted by Crippen LogP contribution is -2.57. The van der Waals surface area contributed by atoms with Gasteiger partial charge >= 0.3 is 5.97 Å². The van der Waals surface area contributed by atoms with E-state index in [1.807, 2.05) is 20.8 Å². The van der Waals surface area contributed by atoms with Crippen LogP contribution in [0, 0.1) is 0 Å². The number of carbonyl (C=O) groups excluding carboxylic acids is 1. The van der Waals surface area contributed by atoms with Crippen molar-refractivity contribution in [2.45, 2.75) is 63.7 Å². The second kappa shape index (κ2) is 5.80. The lowest BCUT2D eigenvalue weighted by Gasteiger charge is -2.36. The van der Waals surface area contributed by atoms with Crippen LogP contribution in [0.3, 0.4) is 0 Å². The normalized spacial score (nSPS) is 30.1. The predicted molar refractivity (Wildman–Crippen MR) is 67.4 cm³/mol. The second-order valence-electron chi connectivity index (χ2n) is 5.33. The summed E-state index contributed by atoms with van der Waals surface area (Å²) in [6.07, 6.45) is 2.67. The van der Waals surface area contributed by atoms with Gasteiger partial charge in [0.25, 0.3) is 0 Å². The van der Waals surface area contributed by atoms with Crippen LogP contribution in [0.15, 0.2) is 0 Å². The van der Waals surface area contributed by atoms with E-state index in [1.165, 1.54) is 0 Å². The molecule has 0 aliphatic heterocycles. The zero-order valence-corrected chi connectivity index (χ0v) is 11.0. The van der Waals surface area contributed by atoms with Crippen LogP contribution in [-0.2, 0) is 9.53 Å². The highest BCUT2D eigenvalue weighted by Crippen LogP contribution is 2.19. The van der Waals surface area contributed by atoms with Crippen molar-refractivity contribution in [3.63, 3.8) is 0 Å². The Morgan fingerprint density at radius 2 is 2.00 bits per heavy atom. The Kier molecular flexibility index (Phi) is 4.91. The molecule has 1 aliphatic carbocycles. The summed E-state index contributed by atoms with van der Waals surface area (Å²) in [5, 5.41) is 3.32. The molecule has 1 aliphatic rings. The maximum atomic E-state index is 11.7. The van der Waals surface area contributed by atoms with Crippen LogP contribution in [0.25, 0.3) is 0 Å². The molecule has 0 saturated heterocycles. The van der Waals surface area contributed by atoms with Gasteiger partial charge in [0.05, 0.1) is 6.61 Å². The van der Waals surface area contributed by atoms with E-state index >= 15 is 0 Å². The first-order valence-corrected chi connectivity index (χ1v) is 6.33. The number of hydrogen-bond donors (Lipinski definition) is 3. The molecule has 0 aromatic carbocycles. The minimum Gasteiger partial charge on any atom is -0.465 e. The van der Waals surface area contributed by atoms with Gasteiger partial charge < -0.3 is 16.2 Å². The fourth-order valence-electron chi connectivity index (χ4n) is 2.24. The molecule has 1 fully saturated rings. The Balaban J connectivity index is 2.50. The summed E-state index contributed by atoms with van der Waals surface area (Å²) >= 11 is 0. The summed E-state index contributed by atoms with van der Waals surface area (Å²) in [6.45, 7) is 5.89. The number of carbonyl (C=O) groups is 1. The standard InChI is InChI=1S/C12H25N3O2/c1-4-17-11(16)12(2,3)15-8-5-6-9(13)10(14)7-8/h8-10,15H,4-7,13-14H2,1-3H3/t8?,9-,10+/m0/s1. The number of esters is 1. The lowest BCUT2D eigenvalue weighted by molar-refractivity contribution is -0.150. The van der Waals surface area contributed by atoms with Crippen molar-refractivity contribution in [1.29, 1.82) is 0 Å². The van der Waals surface area contributed by atoms with Gasteiger partial charge in [0.2, 0.25) is 0 Å². The molecular weight excluding hydrogens is 218 g/mol. The molecule has 0 bridgehead atoms. The van der Waals surface area contributed by atoms with E-state index in [2.05, 4.69) is 5.32 Å². The average molecular weight is 243 g/mol. The van der Waals surface area contributed by atoms with Gasteiger partial charge in [-0.25, -0.2) is 0 Å². The van der Waals surface area contributed by atoms with E-state index in [1.54, 1.807) is 0 Å². The highest BCUT2D eigenvalue weighted by atomic mass is 16.5. The zero-order chi connectivity index (χ0) is 13.1. The molecule has 0 spiro atoms.